The third-order valence-corrected chi connectivity index (χ3v) is 7.33. The van der Waals surface area contributed by atoms with E-state index < -0.39 is 9.84 Å². The number of amidine groups is 1. The molecule has 0 aliphatic carbocycles. The second kappa shape index (κ2) is 10.0. The van der Waals surface area contributed by atoms with Crippen LogP contribution in [-0.2, 0) is 9.84 Å². The van der Waals surface area contributed by atoms with Crippen molar-refractivity contribution in [3.63, 3.8) is 0 Å². The third-order valence-electron chi connectivity index (χ3n) is 5.90. The summed E-state index contributed by atoms with van der Waals surface area (Å²) in [4.78, 5) is 24.0. The van der Waals surface area contributed by atoms with Gasteiger partial charge in [0.2, 0.25) is 0 Å². The first-order valence-corrected chi connectivity index (χ1v) is 13.6. The van der Waals surface area contributed by atoms with Gasteiger partial charge >= 0.3 is 6.03 Å². The highest BCUT2D eigenvalue weighted by molar-refractivity contribution is 7.90. The fourth-order valence-corrected chi connectivity index (χ4v) is 4.85. The average Bonchev–Trinajstić information content (AvgIpc) is 3.23. The van der Waals surface area contributed by atoms with Gasteiger partial charge in [0, 0.05) is 54.6 Å². The van der Waals surface area contributed by atoms with Crippen molar-refractivity contribution in [2.45, 2.75) is 6.04 Å². The summed E-state index contributed by atoms with van der Waals surface area (Å²) in [7, 11) is -3.01. The molecule has 1 unspecified atom stereocenters. The molecule has 0 radical (unpaired) electrons. The first-order chi connectivity index (χ1) is 15.7. The average molecular weight is 509 g/mol. The van der Waals surface area contributed by atoms with Gasteiger partial charge in [-0.05, 0) is 42.0 Å². The summed E-state index contributed by atoms with van der Waals surface area (Å²) in [5, 5.41) is 1.27. The van der Waals surface area contributed by atoms with Crippen molar-refractivity contribution in [2.24, 2.45) is 4.99 Å². The number of aliphatic imine (C=N–C) groups is 1. The number of urea groups is 1. The largest absolute Gasteiger partial charge is 0.325 e. The number of carbonyl (C=O) groups is 1. The Labute approximate surface area is 204 Å². The van der Waals surface area contributed by atoms with E-state index in [0.29, 0.717) is 55.1 Å². The van der Waals surface area contributed by atoms with Gasteiger partial charge in [-0.3, -0.25) is 14.8 Å². The summed E-state index contributed by atoms with van der Waals surface area (Å²) < 4.78 is 22.9. The Kier molecular flexibility index (Phi) is 7.28. The van der Waals surface area contributed by atoms with Crippen molar-refractivity contribution >= 4 is 44.9 Å². The summed E-state index contributed by atoms with van der Waals surface area (Å²) >= 11 is 12.1. The van der Waals surface area contributed by atoms with Crippen LogP contribution in [0.5, 0.6) is 0 Å². The molecule has 0 bridgehead atoms. The van der Waals surface area contributed by atoms with Crippen LogP contribution in [0, 0.1) is 0 Å². The fourth-order valence-electron chi connectivity index (χ4n) is 4.01. The van der Waals surface area contributed by atoms with Gasteiger partial charge in [-0.25, -0.2) is 13.2 Å². The highest BCUT2D eigenvalue weighted by Crippen LogP contribution is 2.29. The number of benzene rings is 2. The van der Waals surface area contributed by atoms with Crippen LogP contribution in [0.25, 0.3) is 0 Å². The van der Waals surface area contributed by atoms with E-state index in [-0.39, 0.29) is 17.8 Å². The maximum absolute atomic E-state index is 13.5. The van der Waals surface area contributed by atoms with E-state index in [4.69, 9.17) is 28.2 Å². The Balaban J connectivity index is 1.50. The maximum atomic E-state index is 13.5. The molecule has 0 spiro atoms. The van der Waals surface area contributed by atoms with E-state index in [1.165, 1.54) is 6.26 Å². The van der Waals surface area contributed by atoms with Crippen LogP contribution in [0.3, 0.4) is 0 Å². The molecule has 0 N–H and O–H groups in total. The molecule has 0 aromatic heterocycles. The molecule has 2 aliphatic rings. The summed E-state index contributed by atoms with van der Waals surface area (Å²) in [5.74, 6) is 0.750. The Bertz CT molecular complexity index is 1130. The molecule has 1 fully saturated rings. The normalized spacial score (nSPS) is 19.6. The zero-order chi connectivity index (χ0) is 23.6. The maximum Gasteiger partial charge on any atom is 0.325 e. The van der Waals surface area contributed by atoms with Crippen LogP contribution in [-0.4, -0.2) is 86.3 Å². The predicted octanol–water partition coefficient (Wildman–Crippen LogP) is 3.58. The molecule has 2 aliphatic heterocycles. The predicted molar refractivity (Wildman–Crippen MR) is 132 cm³/mol. The zero-order valence-electron chi connectivity index (χ0n) is 18.3. The van der Waals surface area contributed by atoms with E-state index in [1.54, 1.807) is 17.0 Å². The molecule has 10 heteroatoms. The van der Waals surface area contributed by atoms with Crippen LogP contribution in [0.15, 0.2) is 53.5 Å². The van der Waals surface area contributed by atoms with Gasteiger partial charge in [0.15, 0.2) is 0 Å². The van der Waals surface area contributed by atoms with Gasteiger partial charge in [0.05, 0.1) is 18.3 Å². The standard InChI is InChI=1S/C23H26Cl2N4O3S/c1-33(31,32)15-14-27-10-12-28(13-11-27)23(30)29-16-21(17-2-6-19(24)7-3-17)26-22(29)18-4-8-20(25)9-5-18/h2-9,21H,10-16H2,1H3. The fraction of sp³-hybridized carbons (Fsp3) is 0.391. The Morgan fingerprint density at radius 3 is 2.12 bits per heavy atom. The summed E-state index contributed by atoms with van der Waals surface area (Å²) in [6, 6.07) is 14.6. The van der Waals surface area contributed by atoms with Crippen LogP contribution < -0.4 is 0 Å². The molecular weight excluding hydrogens is 483 g/mol. The molecule has 2 aromatic rings. The lowest BCUT2D eigenvalue weighted by Crippen LogP contribution is -2.54. The van der Waals surface area contributed by atoms with E-state index in [2.05, 4.69) is 4.90 Å². The Morgan fingerprint density at radius 1 is 0.970 bits per heavy atom. The lowest BCUT2D eigenvalue weighted by Gasteiger charge is -2.36. The van der Waals surface area contributed by atoms with Crippen molar-refractivity contribution in [1.82, 2.24) is 14.7 Å². The van der Waals surface area contributed by atoms with E-state index in [9.17, 15) is 13.2 Å². The lowest BCUT2D eigenvalue weighted by atomic mass is 10.1. The van der Waals surface area contributed by atoms with Gasteiger partial charge < -0.3 is 4.90 Å². The van der Waals surface area contributed by atoms with Crippen LogP contribution in [0.2, 0.25) is 10.0 Å². The minimum atomic E-state index is -3.01. The SMILES string of the molecule is CS(=O)(=O)CCN1CCN(C(=O)N2CC(c3ccc(Cl)cc3)N=C2c2ccc(Cl)cc2)CC1. The number of rotatable bonds is 5. The van der Waals surface area contributed by atoms with Crippen molar-refractivity contribution < 1.29 is 13.2 Å². The van der Waals surface area contributed by atoms with E-state index in [0.717, 1.165) is 11.1 Å². The van der Waals surface area contributed by atoms with E-state index >= 15 is 0 Å². The number of sulfone groups is 1. The quantitative estimate of drug-likeness (QED) is 0.618. The summed E-state index contributed by atoms with van der Waals surface area (Å²) in [5.41, 5.74) is 1.82. The lowest BCUT2D eigenvalue weighted by molar-refractivity contribution is 0.130. The number of nitrogens with zero attached hydrogens (tertiary/aromatic N) is 4. The van der Waals surface area contributed by atoms with Crippen LogP contribution in [0.4, 0.5) is 4.79 Å². The Hall–Kier alpha value is -2.13. The molecule has 176 valence electrons. The Morgan fingerprint density at radius 2 is 1.55 bits per heavy atom. The second-order valence-corrected chi connectivity index (χ2v) is 11.5. The smallest absolute Gasteiger partial charge is 0.322 e. The van der Waals surface area contributed by atoms with Gasteiger partial charge in [-0.1, -0.05) is 35.3 Å². The topological polar surface area (TPSA) is 73.3 Å². The molecule has 2 amide bonds. The van der Waals surface area contributed by atoms with Crippen molar-refractivity contribution in [3.8, 4) is 0 Å². The summed E-state index contributed by atoms with van der Waals surface area (Å²) in [6.45, 7) is 3.29. The molecule has 4 rings (SSSR count). The number of piperazine rings is 1. The molecule has 0 saturated carbocycles. The monoisotopic (exact) mass is 508 g/mol. The van der Waals surface area contributed by atoms with Crippen molar-refractivity contribution in [3.05, 3.63) is 69.7 Å². The third kappa shape index (κ3) is 6.06. The first kappa shape index (κ1) is 24.0. The van der Waals surface area contributed by atoms with Crippen LogP contribution >= 0.6 is 23.2 Å². The minimum absolute atomic E-state index is 0.0945. The first-order valence-electron chi connectivity index (χ1n) is 10.8. The van der Waals surface area contributed by atoms with Crippen molar-refractivity contribution in [1.29, 1.82) is 0 Å². The summed E-state index contributed by atoms with van der Waals surface area (Å²) in [6.07, 6.45) is 1.24. The highest BCUT2D eigenvalue weighted by Gasteiger charge is 2.35. The van der Waals surface area contributed by atoms with Gasteiger partial charge in [-0.2, -0.15) is 0 Å². The molecule has 2 aromatic carbocycles. The molecule has 1 saturated heterocycles. The zero-order valence-corrected chi connectivity index (χ0v) is 20.7. The molecular formula is C23H26Cl2N4O3S. The van der Waals surface area contributed by atoms with Gasteiger partial charge in [0.1, 0.15) is 15.7 Å². The minimum Gasteiger partial charge on any atom is -0.322 e. The number of amides is 2. The number of carbonyl (C=O) groups excluding carboxylic acids is 1. The number of hydrogen-bond acceptors (Lipinski definition) is 5. The number of halogens is 2. The van der Waals surface area contributed by atoms with Crippen LogP contribution in [0.1, 0.15) is 17.2 Å². The van der Waals surface area contributed by atoms with Gasteiger partial charge in [-0.15, -0.1) is 0 Å². The second-order valence-electron chi connectivity index (χ2n) is 8.38. The molecule has 2 heterocycles. The van der Waals surface area contributed by atoms with E-state index in [1.807, 2.05) is 41.3 Å². The van der Waals surface area contributed by atoms with Crippen molar-refractivity contribution in [2.75, 3.05) is 51.3 Å². The van der Waals surface area contributed by atoms with Gasteiger partial charge in [0.25, 0.3) is 0 Å². The molecule has 33 heavy (non-hydrogen) atoms. The number of hydrogen-bond donors (Lipinski definition) is 0. The molecule has 1 atom stereocenters. The highest BCUT2D eigenvalue weighted by atomic mass is 35.5. The molecule has 7 nitrogen and oxygen atoms in total.